The van der Waals surface area contributed by atoms with Crippen LogP contribution in [0.1, 0.15) is 16.8 Å². The van der Waals surface area contributed by atoms with Crippen LogP contribution in [0.3, 0.4) is 0 Å². The van der Waals surface area contributed by atoms with Gasteiger partial charge in [-0.15, -0.1) is 0 Å². The normalized spacial score (nSPS) is 12.1. The van der Waals surface area contributed by atoms with Crippen molar-refractivity contribution in [3.8, 4) is 11.3 Å². The van der Waals surface area contributed by atoms with Gasteiger partial charge in [0.2, 0.25) is 6.41 Å². The molecule has 0 saturated carbocycles. The lowest BCUT2D eigenvalue weighted by Gasteiger charge is -2.14. The minimum absolute atomic E-state index is 0.00241. The van der Waals surface area contributed by atoms with Crippen LogP contribution in [0, 0.1) is 0 Å². The van der Waals surface area contributed by atoms with Crippen molar-refractivity contribution in [2.45, 2.75) is 18.9 Å². The van der Waals surface area contributed by atoms with Gasteiger partial charge in [0.05, 0.1) is 29.1 Å². The van der Waals surface area contributed by atoms with Crippen LogP contribution in [0.25, 0.3) is 11.3 Å². The first-order valence-electron chi connectivity index (χ1n) is 6.54. The van der Waals surface area contributed by atoms with Crippen LogP contribution in [0.15, 0.2) is 36.4 Å². The lowest BCUT2D eigenvalue weighted by atomic mass is 10.0. The number of benzene rings is 1. The minimum atomic E-state index is -4.92. The minimum Gasteiger partial charge on any atom is -0.353 e. The number of halogens is 6. The van der Waals surface area contributed by atoms with Gasteiger partial charge in [0, 0.05) is 5.56 Å². The first-order chi connectivity index (χ1) is 11.1. The molecule has 0 aliphatic carbocycles. The molecule has 0 aliphatic heterocycles. The maximum absolute atomic E-state index is 12.9. The van der Waals surface area contributed by atoms with Crippen molar-refractivity contribution < 1.29 is 31.1 Å². The largest absolute Gasteiger partial charge is 0.416 e. The Morgan fingerprint density at radius 3 is 2.04 bits per heavy atom. The van der Waals surface area contributed by atoms with Crippen molar-refractivity contribution in [1.29, 1.82) is 0 Å². The molecule has 0 fully saturated rings. The fraction of sp³-hybridized carbons (Fsp3) is 0.200. The summed E-state index contributed by atoms with van der Waals surface area (Å²) in [4.78, 5) is 14.2. The van der Waals surface area contributed by atoms with E-state index >= 15 is 0 Å². The summed E-state index contributed by atoms with van der Waals surface area (Å²) in [6.45, 7) is 0.00241. The molecule has 1 N–H and O–H groups in total. The van der Waals surface area contributed by atoms with Crippen LogP contribution in [0.2, 0.25) is 0 Å². The number of nitrogens with one attached hydrogen (secondary N) is 1. The Morgan fingerprint density at radius 1 is 0.958 bits per heavy atom. The zero-order valence-electron chi connectivity index (χ0n) is 11.9. The van der Waals surface area contributed by atoms with Crippen LogP contribution in [0.4, 0.5) is 26.3 Å². The Kier molecular flexibility index (Phi) is 4.81. The van der Waals surface area contributed by atoms with Gasteiger partial charge in [-0.3, -0.25) is 9.78 Å². The van der Waals surface area contributed by atoms with E-state index in [1.54, 1.807) is 0 Å². The molecule has 1 heterocycles. The molecular weight excluding hydrogens is 338 g/mol. The van der Waals surface area contributed by atoms with Crippen molar-refractivity contribution in [3.63, 3.8) is 0 Å². The smallest absolute Gasteiger partial charge is 0.353 e. The van der Waals surface area contributed by atoms with Crippen LogP contribution < -0.4 is 5.32 Å². The van der Waals surface area contributed by atoms with Crippen molar-refractivity contribution in [2.24, 2.45) is 0 Å². The Morgan fingerprint density at radius 2 is 1.54 bits per heavy atom. The van der Waals surface area contributed by atoms with Crippen LogP contribution in [-0.4, -0.2) is 11.4 Å². The number of hydrogen-bond donors (Lipinski definition) is 1. The molecule has 9 heteroatoms. The molecule has 0 saturated heterocycles. The van der Waals surface area contributed by atoms with Gasteiger partial charge in [0.1, 0.15) is 0 Å². The maximum Gasteiger partial charge on any atom is 0.416 e. The molecule has 0 radical (unpaired) electrons. The second-order valence-corrected chi connectivity index (χ2v) is 4.81. The quantitative estimate of drug-likeness (QED) is 0.670. The van der Waals surface area contributed by atoms with Crippen molar-refractivity contribution in [1.82, 2.24) is 10.3 Å². The summed E-state index contributed by atoms with van der Waals surface area (Å²) in [6, 6.07) is 5.47. The Labute approximate surface area is 132 Å². The molecule has 0 spiro atoms. The van der Waals surface area contributed by atoms with Gasteiger partial charge in [0.15, 0.2) is 0 Å². The van der Waals surface area contributed by atoms with E-state index in [-0.39, 0.29) is 23.9 Å². The highest BCUT2D eigenvalue weighted by Gasteiger charge is 2.37. The highest BCUT2D eigenvalue weighted by atomic mass is 19.4. The second-order valence-electron chi connectivity index (χ2n) is 4.81. The summed E-state index contributed by atoms with van der Waals surface area (Å²) >= 11 is 0. The number of pyridine rings is 1. The standard InChI is InChI=1S/C15H10F6N2O/c16-14(17,18)10-4-9(5-11(6-10)15(19,20)21)13-3-1-2-12(23-13)7-22-8-24/h1-6,8H,7H2,(H,22,24). The van der Waals surface area contributed by atoms with E-state index in [4.69, 9.17) is 0 Å². The number of alkyl halides is 6. The summed E-state index contributed by atoms with van der Waals surface area (Å²) in [5.41, 5.74) is -2.90. The summed E-state index contributed by atoms with van der Waals surface area (Å²) in [6.07, 6.45) is -9.44. The topological polar surface area (TPSA) is 42.0 Å². The second kappa shape index (κ2) is 6.50. The molecular formula is C15H10F6N2O. The zero-order chi connectivity index (χ0) is 18.0. The number of nitrogens with zero attached hydrogens (tertiary/aromatic N) is 1. The maximum atomic E-state index is 12.9. The SMILES string of the molecule is O=CNCc1cccc(-c2cc(C(F)(F)F)cc(C(F)(F)F)c2)n1. The predicted molar refractivity (Wildman–Crippen MR) is 72.6 cm³/mol. The number of aromatic nitrogens is 1. The van der Waals surface area contributed by atoms with E-state index in [0.717, 1.165) is 0 Å². The average Bonchev–Trinajstić information content (AvgIpc) is 2.51. The number of hydrogen-bond acceptors (Lipinski definition) is 2. The van der Waals surface area contributed by atoms with Crippen molar-refractivity contribution >= 4 is 6.41 Å². The van der Waals surface area contributed by atoms with E-state index < -0.39 is 23.5 Å². The van der Waals surface area contributed by atoms with Crippen LogP contribution >= 0.6 is 0 Å². The summed E-state index contributed by atoms with van der Waals surface area (Å²) < 4.78 is 77.2. The molecule has 1 aromatic carbocycles. The Hall–Kier alpha value is -2.58. The third kappa shape index (κ3) is 4.24. The first-order valence-corrected chi connectivity index (χ1v) is 6.54. The average molecular weight is 348 g/mol. The third-order valence-electron chi connectivity index (χ3n) is 3.06. The van der Waals surface area contributed by atoms with Gasteiger partial charge in [-0.05, 0) is 30.3 Å². The molecule has 24 heavy (non-hydrogen) atoms. The molecule has 2 rings (SSSR count). The predicted octanol–water partition coefficient (Wildman–Crippen LogP) is 4.03. The zero-order valence-corrected chi connectivity index (χ0v) is 11.9. The first kappa shape index (κ1) is 17.8. The lowest BCUT2D eigenvalue weighted by Crippen LogP contribution is -2.12. The molecule has 1 aromatic heterocycles. The van der Waals surface area contributed by atoms with E-state index in [2.05, 4.69) is 10.3 Å². The lowest BCUT2D eigenvalue weighted by molar-refractivity contribution is -0.143. The summed E-state index contributed by atoms with van der Waals surface area (Å²) in [5, 5.41) is 2.31. The van der Waals surface area contributed by atoms with Gasteiger partial charge in [0.25, 0.3) is 0 Å². The molecule has 0 aliphatic rings. The van der Waals surface area contributed by atoms with E-state index in [1.165, 1.54) is 18.2 Å². The molecule has 1 amide bonds. The number of carbonyl (C=O) groups is 1. The number of amides is 1. The number of carbonyl (C=O) groups excluding carboxylic acids is 1. The van der Waals surface area contributed by atoms with E-state index in [9.17, 15) is 31.1 Å². The Bertz CT molecular complexity index is 707. The van der Waals surface area contributed by atoms with Gasteiger partial charge in [-0.1, -0.05) is 6.07 Å². The highest BCUT2D eigenvalue weighted by Crippen LogP contribution is 2.38. The molecule has 0 unspecified atom stereocenters. The van der Waals surface area contributed by atoms with Gasteiger partial charge < -0.3 is 5.32 Å². The molecule has 0 bridgehead atoms. The molecule has 3 nitrogen and oxygen atoms in total. The fourth-order valence-corrected chi connectivity index (χ4v) is 1.99. The molecule has 2 aromatic rings. The molecule has 0 atom stereocenters. The Balaban J connectivity index is 2.55. The van der Waals surface area contributed by atoms with E-state index in [0.29, 0.717) is 24.2 Å². The summed E-state index contributed by atoms with van der Waals surface area (Å²) in [7, 11) is 0. The van der Waals surface area contributed by atoms with Gasteiger partial charge in [-0.25, -0.2) is 0 Å². The third-order valence-corrected chi connectivity index (χ3v) is 3.06. The highest BCUT2D eigenvalue weighted by molar-refractivity contribution is 5.62. The monoisotopic (exact) mass is 348 g/mol. The van der Waals surface area contributed by atoms with Crippen molar-refractivity contribution in [3.05, 3.63) is 53.2 Å². The van der Waals surface area contributed by atoms with Gasteiger partial charge >= 0.3 is 12.4 Å². The van der Waals surface area contributed by atoms with E-state index in [1.807, 2.05) is 0 Å². The summed E-state index contributed by atoms with van der Waals surface area (Å²) in [5.74, 6) is 0. The number of rotatable bonds is 4. The fourth-order valence-electron chi connectivity index (χ4n) is 1.99. The molecule has 128 valence electrons. The van der Waals surface area contributed by atoms with Crippen LogP contribution in [0.5, 0.6) is 0 Å². The van der Waals surface area contributed by atoms with Gasteiger partial charge in [-0.2, -0.15) is 26.3 Å². The van der Waals surface area contributed by atoms with Crippen LogP contribution in [-0.2, 0) is 23.7 Å². The van der Waals surface area contributed by atoms with Crippen molar-refractivity contribution in [2.75, 3.05) is 0 Å².